The number of sulfonamides is 1. The van der Waals surface area contributed by atoms with E-state index in [1.807, 2.05) is 0 Å². The van der Waals surface area contributed by atoms with Crippen molar-refractivity contribution in [2.45, 2.75) is 31.9 Å². The van der Waals surface area contributed by atoms with Crippen molar-refractivity contribution in [1.82, 2.24) is 10.0 Å². The third kappa shape index (κ3) is 5.47. The molecule has 0 aliphatic rings. The molecule has 0 fully saturated rings. The molecule has 1 aromatic rings. The van der Waals surface area contributed by atoms with Crippen molar-refractivity contribution in [3.8, 4) is 12.3 Å². The fourth-order valence-electron chi connectivity index (χ4n) is 1.41. The van der Waals surface area contributed by atoms with Crippen molar-refractivity contribution in [3.05, 3.63) is 17.9 Å². The third-order valence-corrected chi connectivity index (χ3v) is 3.65. The number of furan rings is 1. The summed E-state index contributed by atoms with van der Waals surface area (Å²) in [6, 6.07) is 3.10. The molecule has 0 bridgehead atoms. The van der Waals surface area contributed by atoms with Crippen LogP contribution in [0.3, 0.4) is 0 Å². The molecule has 19 heavy (non-hydrogen) atoms. The van der Waals surface area contributed by atoms with E-state index in [1.54, 1.807) is 6.07 Å². The summed E-state index contributed by atoms with van der Waals surface area (Å²) in [6.45, 7) is 5.77. The van der Waals surface area contributed by atoms with Crippen molar-refractivity contribution in [3.63, 3.8) is 0 Å². The average molecular weight is 284 g/mol. The Morgan fingerprint density at radius 3 is 2.79 bits per heavy atom. The minimum atomic E-state index is -3.59. The van der Waals surface area contributed by atoms with Gasteiger partial charge >= 0.3 is 0 Å². The van der Waals surface area contributed by atoms with Crippen LogP contribution in [-0.4, -0.2) is 21.5 Å². The molecular weight excluding hydrogens is 264 g/mol. The van der Waals surface area contributed by atoms with E-state index in [2.05, 4.69) is 29.8 Å². The van der Waals surface area contributed by atoms with Gasteiger partial charge in [0.2, 0.25) is 5.09 Å². The number of nitrogens with one attached hydrogen (secondary N) is 2. The summed E-state index contributed by atoms with van der Waals surface area (Å²) >= 11 is 0. The van der Waals surface area contributed by atoms with Crippen LogP contribution < -0.4 is 10.0 Å². The second-order valence-corrected chi connectivity index (χ2v) is 6.30. The van der Waals surface area contributed by atoms with Crippen LogP contribution in [0.5, 0.6) is 0 Å². The number of terminal acetylenes is 1. The van der Waals surface area contributed by atoms with Crippen molar-refractivity contribution in [2.24, 2.45) is 5.92 Å². The molecule has 0 aliphatic carbocycles. The summed E-state index contributed by atoms with van der Waals surface area (Å²) < 4.78 is 31.3. The molecule has 0 amide bonds. The lowest BCUT2D eigenvalue weighted by Crippen LogP contribution is -2.24. The molecule has 0 radical (unpaired) electrons. The Labute approximate surface area is 114 Å². The van der Waals surface area contributed by atoms with Gasteiger partial charge < -0.3 is 9.73 Å². The van der Waals surface area contributed by atoms with Crippen LogP contribution in [0.1, 0.15) is 26.0 Å². The van der Waals surface area contributed by atoms with Gasteiger partial charge in [-0.1, -0.05) is 13.8 Å². The normalized spacial score (nSPS) is 11.7. The first kappa shape index (κ1) is 15.8. The van der Waals surface area contributed by atoms with Crippen LogP contribution in [0.15, 0.2) is 21.6 Å². The molecule has 1 rings (SSSR count). The highest BCUT2D eigenvalue weighted by Gasteiger charge is 2.17. The van der Waals surface area contributed by atoms with Crippen LogP contribution in [0.25, 0.3) is 0 Å². The molecule has 0 atom stereocenters. The largest absolute Gasteiger partial charge is 0.447 e. The van der Waals surface area contributed by atoms with Crippen LogP contribution in [-0.2, 0) is 16.6 Å². The van der Waals surface area contributed by atoms with Crippen LogP contribution in [0.2, 0.25) is 0 Å². The summed E-state index contributed by atoms with van der Waals surface area (Å²) in [7, 11) is -3.59. The SMILES string of the molecule is C#CCCNS(=O)(=O)c1ccc(CNCC(C)C)o1. The highest BCUT2D eigenvalue weighted by atomic mass is 32.2. The van der Waals surface area contributed by atoms with Gasteiger partial charge in [0, 0.05) is 13.0 Å². The Kier molecular flexibility index (Phi) is 6.09. The molecule has 1 heterocycles. The number of rotatable bonds is 8. The minimum absolute atomic E-state index is 0.0779. The van der Waals surface area contributed by atoms with Crippen LogP contribution in [0, 0.1) is 18.3 Å². The van der Waals surface area contributed by atoms with E-state index in [0.29, 0.717) is 24.6 Å². The van der Waals surface area contributed by atoms with E-state index in [0.717, 1.165) is 6.54 Å². The van der Waals surface area contributed by atoms with Gasteiger partial charge in [0.1, 0.15) is 5.76 Å². The fraction of sp³-hybridized carbons (Fsp3) is 0.538. The lowest BCUT2D eigenvalue weighted by molar-refractivity contribution is 0.395. The molecule has 0 saturated carbocycles. The quantitative estimate of drug-likeness (QED) is 0.558. The molecule has 6 heteroatoms. The van der Waals surface area contributed by atoms with E-state index in [-0.39, 0.29) is 11.6 Å². The van der Waals surface area contributed by atoms with E-state index >= 15 is 0 Å². The Hall–Kier alpha value is -1.29. The maximum absolute atomic E-state index is 11.8. The molecule has 1 aromatic heterocycles. The van der Waals surface area contributed by atoms with Gasteiger partial charge in [-0.2, -0.15) is 0 Å². The first-order valence-electron chi connectivity index (χ1n) is 6.18. The molecule has 0 unspecified atom stereocenters. The van der Waals surface area contributed by atoms with E-state index in [4.69, 9.17) is 10.8 Å². The van der Waals surface area contributed by atoms with Crippen LogP contribution in [0.4, 0.5) is 0 Å². The minimum Gasteiger partial charge on any atom is -0.447 e. The Morgan fingerprint density at radius 2 is 2.16 bits per heavy atom. The lowest BCUT2D eigenvalue weighted by Gasteiger charge is -2.05. The fourth-order valence-corrected chi connectivity index (χ4v) is 2.39. The van der Waals surface area contributed by atoms with E-state index in [1.165, 1.54) is 6.07 Å². The summed E-state index contributed by atoms with van der Waals surface area (Å²) in [5.74, 6) is 3.49. The van der Waals surface area contributed by atoms with Crippen molar-refractivity contribution in [1.29, 1.82) is 0 Å². The van der Waals surface area contributed by atoms with Crippen molar-refractivity contribution in [2.75, 3.05) is 13.1 Å². The predicted molar refractivity (Wildman–Crippen MR) is 73.9 cm³/mol. The van der Waals surface area contributed by atoms with Crippen LogP contribution >= 0.6 is 0 Å². The Balaban J connectivity index is 2.56. The molecule has 0 saturated heterocycles. The summed E-state index contributed by atoms with van der Waals surface area (Å²) in [6.07, 6.45) is 5.41. The first-order valence-corrected chi connectivity index (χ1v) is 7.66. The van der Waals surface area contributed by atoms with E-state index in [9.17, 15) is 8.42 Å². The molecular formula is C13H20N2O3S. The smallest absolute Gasteiger partial charge is 0.273 e. The topological polar surface area (TPSA) is 71.3 Å². The molecule has 0 spiro atoms. The maximum Gasteiger partial charge on any atom is 0.273 e. The monoisotopic (exact) mass is 284 g/mol. The maximum atomic E-state index is 11.8. The third-order valence-electron chi connectivity index (χ3n) is 2.32. The molecule has 106 valence electrons. The second-order valence-electron chi connectivity index (χ2n) is 4.60. The molecule has 2 N–H and O–H groups in total. The first-order chi connectivity index (χ1) is 8.95. The second kappa shape index (κ2) is 7.34. The summed E-state index contributed by atoms with van der Waals surface area (Å²) in [5.41, 5.74) is 0. The summed E-state index contributed by atoms with van der Waals surface area (Å²) in [5, 5.41) is 3.10. The zero-order chi connectivity index (χ0) is 14.3. The average Bonchev–Trinajstić information content (AvgIpc) is 2.78. The molecule has 0 aliphatic heterocycles. The lowest BCUT2D eigenvalue weighted by atomic mass is 10.2. The van der Waals surface area contributed by atoms with Gasteiger partial charge in [-0.15, -0.1) is 12.3 Å². The van der Waals surface area contributed by atoms with Gasteiger partial charge in [-0.05, 0) is 24.6 Å². The van der Waals surface area contributed by atoms with Crippen molar-refractivity contribution < 1.29 is 12.8 Å². The van der Waals surface area contributed by atoms with Gasteiger partial charge in [-0.25, -0.2) is 13.1 Å². The van der Waals surface area contributed by atoms with Crippen molar-refractivity contribution >= 4 is 10.0 Å². The van der Waals surface area contributed by atoms with E-state index < -0.39 is 10.0 Å². The number of hydrogen-bond donors (Lipinski definition) is 2. The standard InChI is InChI=1S/C13H20N2O3S/c1-4-5-8-15-19(16,17)13-7-6-12(18-13)10-14-9-11(2)3/h1,6-7,11,14-15H,5,8-10H2,2-3H3. The Morgan fingerprint density at radius 1 is 1.42 bits per heavy atom. The highest BCUT2D eigenvalue weighted by molar-refractivity contribution is 7.89. The highest BCUT2D eigenvalue weighted by Crippen LogP contribution is 2.13. The zero-order valence-electron chi connectivity index (χ0n) is 11.3. The molecule has 0 aromatic carbocycles. The van der Waals surface area contributed by atoms with Gasteiger partial charge in [0.05, 0.1) is 6.54 Å². The van der Waals surface area contributed by atoms with Gasteiger partial charge in [-0.3, -0.25) is 0 Å². The Bertz CT molecular complexity index is 526. The molecule has 5 nitrogen and oxygen atoms in total. The summed E-state index contributed by atoms with van der Waals surface area (Å²) in [4.78, 5) is 0. The number of hydrogen-bond acceptors (Lipinski definition) is 4. The predicted octanol–water partition coefficient (Wildman–Crippen LogP) is 1.33. The van der Waals surface area contributed by atoms with Gasteiger partial charge in [0.25, 0.3) is 10.0 Å². The van der Waals surface area contributed by atoms with Gasteiger partial charge in [0.15, 0.2) is 0 Å². The zero-order valence-corrected chi connectivity index (χ0v) is 12.1.